The standard InChI is InChI=1S/C13H25F3N2/c1-10(12(2,3)4)17-11-5-7-18(8-6-11)9-13(14,15)16/h10-11,17H,5-9H2,1-4H3. The number of halogens is 3. The minimum Gasteiger partial charge on any atom is -0.311 e. The SMILES string of the molecule is CC(NC1CCN(CC(F)(F)F)CC1)C(C)(C)C. The number of piperidine rings is 1. The Bertz CT molecular complexity index is 250. The van der Waals surface area contributed by atoms with Crippen molar-refractivity contribution in [3.8, 4) is 0 Å². The molecule has 1 aliphatic rings. The van der Waals surface area contributed by atoms with Gasteiger partial charge in [0.15, 0.2) is 0 Å². The third-order valence-corrected chi connectivity index (χ3v) is 3.78. The van der Waals surface area contributed by atoms with Gasteiger partial charge in [-0.05, 0) is 38.3 Å². The van der Waals surface area contributed by atoms with Crippen molar-refractivity contribution in [2.75, 3.05) is 19.6 Å². The lowest BCUT2D eigenvalue weighted by Crippen LogP contribution is -2.50. The summed E-state index contributed by atoms with van der Waals surface area (Å²) in [7, 11) is 0. The first-order valence-electron chi connectivity index (χ1n) is 6.63. The summed E-state index contributed by atoms with van der Waals surface area (Å²) in [5.74, 6) is 0. The molecular weight excluding hydrogens is 241 g/mol. The Labute approximate surface area is 108 Å². The zero-order chi connectivity index (χ0) is 14.0. The van der Waals surface area contributed by atoms with Crippen LogP contribution in [0.3, 0.4) is 0 Å². The fourth-order valence-electron chi connectivity index (χ4n) is 2.11. The van der Waals surface area contributed by atoms with Gasteiger partial charge in [-0.15, -0.1) is 0 Å². The summed E-state index contributed by atoms with van der Waals surface area (Å²) >= 11 is 0. The number of nitrogens with zero attached hydrogens (tertiary/aromatic N) is 1. The van der Waals surface area contributed by atoms with E-state index in [4.69, 9.17) is 0 Å². The van der Waals surface area contributed by atoms with Gasteiger partial charge < -0.3 is 5.32 Å². The van der Waals surface area contributed by atoms with Crippen molar-refractivity contribution < 1.29 is 13.2 Å². The molecule has 5 heteroatoms. The summed E-state index contributed by atoms with van der Waals surface area (Å²) in [6.45, 7) is 8.95. The van der Waals surface area contributed by atoms with E-state index in [-0.39, 0.29) is 5.41 Å². The summed E-state index contributed by atoms with van der Waals surface area (Å²) < 4.78 is 36.7. The van der Waals surface area contributed by atoms with Crippen LogP contribution in [0, 0.1) is 5.41 Å². The first kappa shape index (κ1) is 15.8. The largest absolute Gasteiger partial charge is 0.401 e. The Morgan fingerprint density at radius 2 is 1.67 bits per heavy atom. The summed E-state index contributed by atoms with van der Waals surface area (Å²) in [4.78, 5) is 1.50. The fourth-order valence-corrected chi connectivity index (χ4v) is 2.11. The predicted molar refractivity (Wildman–Crippen MR) is 67.6 cm³/mol. The Balaban J connectivity index is 2.32. The van der Waals surface area contributed by atoms with Crippen molar-refractivity contribution in [3.05, 3.63) is 0 Å². The number of rotatable bonds is 3. The molecule has 0 aromatic heterocycles. The first-order chi connectivity index (χ1) is 8.08. The second kappa shape index (κ2) is 5.78. The van der Waals surface area contributed by atoms with Crippen LogP contribution in [0.15, 0.2) is 0 Å². The Morgan fingerprint density at radius 3 is 2.06 bits per heavy atom. The minimum atomic E-state index is -4.07. The quantitative estimate of drug-likeness (QED) is 0.844. The topological polar surface area (TPSA) is 15.3 Å². The van der Waals surface area contributed by atoms with Gasteiger partial charge in [0.1, 0.15) is 0 Å². The molecule has 1 heterocycles. The van der Waals surface area contributed by atoms with Crippen LogP contribution in [0.2, 0.25) is 0 Å². The van der Waals surface area contributed by atoms with E-state index >= 15 is 0 Å². The van der Waals surface area contributed by atoms with Crippen LogP contribution in [-0.2, 0) is 0 Å². The summed E-state index contributed by atoms with van der Waals surface area (Å²) in [6.07, 6.45) is -2.47. The van der Waals surface area contributed by atoms with Crippen molar-refractivity contribution in [2.24, 2.45) is 5.41 Å². The van der Waals surface area contributed by atoms with E-state index in [0.29, 0.717) is 25.2 Å². The van der Waals surface area contributed by atoms with E-state index in [0.717, 1.165) is 12.8 Å². The molecular formula is C13H25F3N2. The van der Waals surface area contributed by atoms with Gasteiger partial charge in [-0.2, -0.15) is 13.2 Å². The van der Waals surface area contributed by atoms with Crippen molar-refractivity contribution >= 4 is 0 Å². The van der Waals surface area contributed by atoms with Crippen LogP contribution in [-0.4, -0.2) is 42.8 Å². The molecule has 1 rings (SSSR count). The lowest BCUT2D eigenvalue weighted by Gasteiger charge is -2.37. The molecule has 0 aliphatic carbocycles. The molecule has 1 unspecified atom stereocenters. The van der Waals surface area contributed by atoms with Gasteiger partial charge in [0.2, 0.25) is 0 Å². The summed E-state index contributed by atoms with van der Waals surface area (Å²) in [6, 6.07) is 0.723. The number of nitrogens with one attached hydrogen (secondary N) is 1. The maximum Gasteiger partial charge on any atom is 0.401 e. The second-order valence-corrected chi connectivity index (χ2v) is 6.42. The third kappa shape index (κ3) is 5.57. The predicted octanol–water partition coefficient (Wildman–Crippen LogP) is 3.04. The molecule has 108 valence electrons. The number of hydrogen-bond acceptors (Lipinski definition) is 2. The van der Waals surface area contributed by atoms with E-state index in [9.17, 15) is 13.2 Å². The molecule has 2 nitrogen and oxygen atoms in total. The Hall–Kier alpha value is -0.290. The molecule has 0 amide bonds. The van der Waals surface area contributed by atoms with Crippen LogP contribution in [0.5, 0.6) is 0 Å². The number of hydrogen-bond donors (Lipinski definition) is 1. The smallest absolute Gasteiger partial charge is 0.311 e. The van der Waals surface area contributed by atoms with E-state index in [1.807, 2.05) is 0 Å². The molecule has 1 saturated heterocycles. The average Bonchev–Trinajstić information content (AvgIpc) is 2.17. The van der Waals surface area contributed by atoms with Gasteiger partial charge in [0.05, 0.1) is 6.54 Å². The van der Waals surface area contributed by atoms with E-state index in [1.54, 1.807) is 0 Å². The van der Waals surface area contributed by atoms with Gasteiger partial charge in [-0.1, -0.05) is 20.8 Å². The zero-order valence-electron chi connectivity index (χ0n) is 11.8. The maximum atomic E-state index is 12.2. The van der Waals surface area contributed by atoms with Crippen LogP contribution in [0.25, 0.3) is 0 Å². The summed E-state index contributed by atoms with van der Waals surface area (Å²) in [5.41, 5.74) is 0.184. The number of alkyl halides is 3. The molecule has 18 heavy (non-hydrogen) atoms. The highest BCUT2D eigenvalue weighted by Gasteiger charge is 2.33. The van der Waals surface area contributed by atoms with Crippen molar-refractivity contribution in [3.63, 3.8) is 0 Å². The average molecular weight is 266 g/mol. The van der Waals surface area contributed by atoms with Gasteiger partial charge in [-0.25, -0.2) is 0 Å². The minimum absolute atomic E-state index is 0.184. The normalized spacial score (nSPS) is 22.2. The van der Waals surface area contributed by atoms with Crippen LogP contribution < -0.4 is 5.32 Å². The first-order valence-corrected chi connectivity index (χ1v) is 6.63. The molecule has 1 N–H and O–H groups in total. The molecule has 1 aliphatic heterocycles. The highest BCUT2D eigenvalue weighted by atomic mass is 19.4. The maximum absolute atomic E-state index is 12.2. The van der Waals surface area contributed by atoms with Gasteiger partial charge in [0.25, 0.3) is 0 Å². The van der Waals surface area contributed by atoms with Gasteiger partial charge in [0, 0.05) is 12.1 Å². The Kier molecular flexibility index (Phi) is 5.06. The Morgan fingerprint density at radius 1 is 1.17 bits per heavy atom. The van der Waals surface area contributed by atoms with Crippen LogP contribution >= 0.6 is 0 Å². The highest BCUT2D eigenvalue weighted by Crippen LogP contribution is 2.23. The molecule has 0 aromatic rings. The highest BCUT2D eigenvalue weighted by molar-refractivity contribution is 4.84. The zero-order valence-corrected chi connectivity index (χ0v) is 11.8. The second-order valence-electron chi connectivity index (χ2n) is 6.42. The van der Waals surface area contributed by atoms with Crippen molar-refractivity contribution in [1.29, 1.82) is 0 Å². The van der Waals surface area contributed by atoms with Crippen molar-refractivity contribution in [1.82, 2.24) is 10.2 Å². The lowest BCUT2D eigenvalue weighted by atomic mass is 9.87. The van der Waals surface area contributed by atoms with E-state index in [1.165, 1.54) is 4.90 Å². The molecule has 0 spiro atoms. The molecule has 0 radical (unpaired) electrons. The molecule has 1 atom stereocenters. The van der Waals surface area contributed by atoms with Crippen LogP contribution in [0.1, 0.15) is 40.5 Å². The van der Waals surface area contributed by atoms with Gasteiger partial charge in [-0.3, -0.25) is 4.90 Å². The number of likely N-dealkylation sites (tertiary alicyclic amines) is 1. The molecule has 0 saturated carbocycles. The lowest BCUT2D eigenvalue weighted by molar-refractivity contribution is -0.148. The van der Waals surface area contributed by atoms with Gasteiger partial charge >= 0.3 is 6.18 Å². The fraction of sp³-hybridized carbons (Fsp3) is 1.00. The van der Waals surface area contributed by atoms with Crippen LogP contribution in [0.4, 0.5) is 13.2 Å². The molecule has 0 bridgehead atoms. The van der Waals surface area contributed by atoms with E-state index in [2.05, 4.69) is 33.0 Å². The molecule has 0 aromatic carbocycles. The van der Waals surface area contributed by atoms with E-state index < -0.39 is 12.7 Å². The monoisotopic (exact) mass is 266 g/mol. The third-order valence-electron chi connectivity index (χ3n) is 3.78. The summed E-state index contributed by atoms with van der Waals surface area (Å²) in [5, 5.41) is 3.53. The van der Waals surface area contributed by atoms with Crippen molar-refractivity contribution in [2.45, 2.75) is 58.8 Å². The molecule has 1 fully saturated rings.